The molecule has 0 N–H and O–H groups in total. The molecule has 2 saturated heterocycles. The predicted molar refractivity (Wildman–Crippen MR) is 164 cm³/mol. The number of rotatable bonds is 9. The van der Waals surface area contributed by atoms with Crippen LogP contribution in [0.5, 0.6) is 28.7 Å². The zero-order valence-electron chi connectivity index (χ0n) is 25.3. The third kappa shape index (κ3) is 6.15. The van der Waals surface area contributed by atoms with E-state index in [-0.39, 0.29) is 17.7 Å². The first-order chi connectivity index (χ1) is 20.9. The van der Waals surface area contributed by atoms with E-state index in [4.69, 9.17) is 28.7 Å². The molecule has 2 aromatic carbocycles. The summed E-state index contributed by atoms with van der Waals surface area (Å²) in [6, 6.07) is 9.20. The lowest BCUT2D eigenvalue weighted by molar-refractivity contribution is 0.0708. The molecule has 0 saturated carbocycles. The third-order valence-corrected chi connectivity index (χ3v) is 9.11. The number of hydrogen-bond donors (Lipinski definition) is 0. The van der Waals surface area contributed by atoms with Crippen molar-refractivity contribution in [2.75, 3.05) is 79.7 Å². The number of amides is 2. The van der Waals surface area contributed by atoms with Crippen molar-refractivity contribution < 1.29 is 33.3 Å². The molecule has 12 heteroatoms. The van der Waals surface area contributed by atoms with E-state index >= 15 is 0 Å². The Balaban J connectivity index is 1.17. The Bertz CT molecular complexity index is 1450. The van der Waals surface area contributed by atoms with E-state index in [1.807, 2.05) is 33.4 Å². The molecule has 0 bridgehead atoms. The van der Waals surface area contributed by atoms with Gasteiger partial charge in [0.2, 0.25) is 5.75 Å². The summed E-state index contributed by atoms with van der Waals surface area (Å²) in [6.07, 6.45) is 1.54. The molecular weight excluding hydrogens is 572 g/mol. The van der Waals surface area contributed by atoms with Gasteiger partial charge in [0, 0.05) is 56.6 Å². The van der Waals surface area contributed by atoms with Gasteiger partial charge >= 0.3 is 0 Å². The Morgan fingerprint density at radius 1 is 0.744 bits per heavy atom. The van der Waals surface area contributed by atoms with Gasteiger partial charge in [-0.15, -0.1) is 11.3 Å². The molecule has 0 spiro atoms. The highest BCUT2D eigenvalue weighted by Gasteiger charge is 2.31. The van der Waals surface area contributed by atoms with Gasteiger partial charge < -0.3 is 38.4 Å². The zero-order valence-corrected chi connectivity index (χ0v) is 26.1. The maximum atomic E-state index is 13.4. The lowest BCUT2D eigenvalue weighted by atomic mass is 9.96. The fourth-order valence-electron chi connectivity index (χ4n) is 5.70. The summed E-state index contributed by atoms with van der Waals surface area (Å²) in [5, 5.41) is 2.81. The molecule has 0 aliphatic carbocycles. The summed E-state index contributed by atoms with van der Waals surface area (Å²) in [5.74, 6) is 2.79. The lowest BCUT2D eigenvalue weighted by Crippen LogP contribution is -2.49. The number of benzene rings is 2. The second kappa shape index (κ2) is 13.4. The second-order valence-corrected chi connectivity index (χ2v) is 11.2. The van der Waals surface area contributed by atoms with Crippen molar-refractivity contribution >= 4 is 28.8 Å². The minimum atomic E-state index is -0.113. The van der Waals surface area contributed by atoms with Crippen LogP contribution in [0.25, 0.3) is 0 Å². The normalized spacial score (nSPS) is 15.7. The maximum Gasteiger partial charge on any atom is 0.273 e. The number of piperazine rings is 1. The highest BCUT2D eigenvalue weighted by Crippen LogP contribution is 2.41. The number of anilines is 1. The Morgan fingerprint density at radius 2 is 1.42 bits per heavy atom. The minimum Gasteiger partial charge on any atom is -0.497 e. The fraction of sp³-hybridized carbons (Fsp3) is 0.452. The first kappa shape index (κ1) is 30.3. The summed E-state index contributed by atoms with van der Waals surface area (Å²) < 4.78 is 27.2. The van der Waals surface area contributed by atoms with Gasteiger partial charge in [0.15, 0.2) is 11.5 Å². The van der Waals surface area contributed by atoms with E-state index < -0.39 is 0 Å². The van der Waals surface area contributed by atoms with Crippen molar-refractivity contribution in [3.8, 4) is 28.7 Å². The molecule has 2 aliphatic rings. The van der Waals surface area contributed by atoms with Crippen LogP contribution in [0.2, 0.25) is 0 Å². The van der Waals surface area contributed by atoms with E-state index in [0.29, 0.717) is 67.8 Å². The van der Waals surface area contributed by atoms with Crippen LogP contribution < -0.4 is 28.6 Å². The lowest BCUT2D eigenvalue weighted by Gasteiger charge is -2.36. The quantitative estimate of drug-likeness (QED) is 0.353. The van der Waals surface area contributed by atoms with E-state index in [0.717, 1.165) is 35.0 Å². The Hall–Kier alpha value is -4.19. The van der Waals surface area contributed by atoms with Crippen molar-refractivity contribution in [1.82, 2.24) is 14.8 Å². The molecule has 2 aliphatic heterocycles. The highest BCUT2D eigenvalue weighted by molar-refractivity contribution is 7.09. The summed E-state index contributed by atoms with van der Waals surface area (Å²) in [4.78, 5) is 37.4. The van der Waals surface area contributed by atoms with E-state index in [2.05, 4.69) is 4.90 Å². The molecule has 2 amide bonds. The molecule has 3 aromatic rings. The average molecular weight is 611 g/mol. The standard InChI is InChI=1S/C31H38N4O7S/c1-38-21-6-8-24(26(18-21)40-3)33-14-16-35(17-15-33)31(37)23-19-43-29(32-23)20-10-12-34(13-11-20)30(36)22-7-9-25(39-2)28(42-5)27(22)41-4/h6-9,18-20H,10-17H2,1-5H3. The van der Waals surface area contributed by atoms with Crippen LogP contribution in [-0.2, 0) is 0 Å². The molecule has 11 nitrogen and oxygen atoms in total. The first-order valence-corrected chi connectivity index (χ1v) is 15.1. The van der Waals surface area contributed by atoms with Crippen molar-refractivity contribution in [1.29, 1.82) is 0 Å². The Labute approximate surface area is 255 Å². The number of aromatic nitrogens is 1. The van der Waals surface area contributed by atoms with E-state index in [1.54, 1.807) is 33.5 Å². The summed E-state index contributed by atoms with van der Waals surface area (Å²) >= 11 is 1.52. The largest absolute Gasteiger partial charge is 0.497 e. The van der Waals surface area contributed by atoms with Crippen LogP contribution in [0.4, 0.5) is 5.69 Å². The van der Waals surface area contributed by atoms with Gasteiger partial charge in [-0.2, -0.15) is 0 Å². The van der Waals surface area contributed by atoms with E-state index in [1.165, 1.54) is 25.6 Å². The van der Waals surface area contributed by atoms with Gasteiger partial charge in [0.25, 0.3) is 11.8 Å². The Kier molecular flexibility index (Phi) is 9.44. The number of carbonyl (C=O) groups is 2. The van der Waals surface area contributed by atoms with Gasteiger partial charge in [-0.25, -0.2) is 4.98 Å². The molecule has 5 rings (SSSR count). The third-order valence-electron chi connectivity index (χ3n) is 8.10. The zero-order chi connectivity index (χ0) is 30.5. The maximum absolute atomic E-state index is 13.4. The average Bonchev–Trinajstić information content (AvgIpc) is 3.57. The summed E-state index contributed by atoms with van der Waals surface area (Å²) in [6.45, 7) is 3.76. The minimum absolute atomic E-state index is 0.0444. The number of likely N-dealkylation sites (tertiary alicyclic amines) is 1. The molecule has 2 fully saturated rings. The number of thiazole rings is 1. The van der Waals surface area contributed by atoms with Crippen molar-refractivity contribution in [2.24, 2.45) is 0 Å². The fourth-order valence-corrected chi connectivity index (χ4v) is 6.67. The van der Waals surface area contributed by atoms with Crippen LogP contribution in [0, 0.1) is 0 Å². The van der Waals surface area contributed by atoms with Gasteiger partial charge in [-0.1, -0.05) is 0 Å². The predicted octanol–water partition coefficient (Wildman–Crippen LogP) is 4.17. The second-order valence-electron chi connectivity index (χ2n) is 10.3. The van der Waals surface area contributed by atoms with Gasteiger partial charge in [-0.3, -0.25) is 9.59 Å². The van der Waals surface area contributed by atoms with Crippen LogP contribution in [0.15, 0.2) is 35.7 Å². The molecule has 0 radical (unpaired) electrons. The monoisotopic (exact) mass is 610 g/mol. The SMILES string of the molecule is COc1ccc(N2CCN(C(=O)c3csc(C4CCN(C(=O)c5ccc(OC)c(OC)c5OC)CC4)n3)CC2)c(OC)c1. The molecule has 0 unspecified atom stereocenters. The van der Waals surface area contributed by atoms with Gasteiger partial charge in [-0.05, 0) is 37.1 Å². The van der Waals surface area contributed by atoms with Crippen LogP contribution >= 0.6 is 11.3 Å². The summed E-state index contributed by atoms with van der Waals surface area (Å²) in [7, 11) is 7.86. The summed E-state index contributed by atoms with van der Waals surface area (Å²) in [5.41, 5.74) is 1.91. The van der Waals surface area contributed by atoms with E-state index in [9.17, 15) is 9.59 Å². The topological polar surface area (TPSA) is 103 Å². The molecule has 3 heterocycles. The van der Waals surface area contributed by atoms with Crippen molar-refractivity contribution in [3.05, 3.63) is 52.0 Å². The van der Waals surface area contributed by atoms with Crippen molar-refractivity contribution in [2.45, 2.75) is 18.8 Å². The number of piperidine rings is 1. The van der Waals surface area contributed by atoms with Crippen LogP contribution in [0.1, 0.15) is 44.6 Å². The molecular formula is C31H38N4O7S. The number of carbonyl (C=O) groups excluding carboxylic acids is 2. The molecule has 0 atom stereocenters. The number of methoxy groups -OCH3 is 5. The number of hydrogen-bond acceptors (Lipinski definition) is 10. The molecule has 1 aromatic heterocycles. The van der Waals surface area contributed by atoms with Gasteiger partial charge in [0.1, 0.15) is 17.2 Å². The Morgan fingerprint density at radius 3 is 2.05 bits per heavy atom. The molecule has 230 valence electrons. The smallest absolute Gasteiger partial charge is 0.273 e. The number of ether oxygens (including phenoxy) is 5. The number of nitrogens with zero attached hydrogens (tertiary/aromatic N) is 4. The van der Waals surface area contributed by atoms with Gasteiger partial charge in [0.05, 0.1) is 51.8 Å². The molecule has 43 heavy (non-hydrogen) atoms. The highest BCUT2D eigenvalue weighted by atomic mass is 32.1. The van der Waals surface area contributed by atoms with Crippen LogP contribution in [0.3, 0.4) is 0 Å². The van der Waals surface area contributed by atoms with Crippen molar-refractivity contribution in [3.63, 3.8) is 0 Å². The first-order valence-electron chi connectivity index (χ1n) is 14.2. The van der Waals surface area contributed by atoms with Crippen LogP contribution in [-0.4, -0.2) is 101 Å².